The Morgan fingerprint density at radius 2 is 1.96 bits per heavy atom. The number of para-hydroxylation sites is 1. The third kappa shape index (κ3) is 4.09. The summed E-state index contributed by atoms with van der Waals surface area (Å²) in [4.78, 5) is 13.7. The molecule has 1 aliphatic heterocycles. The van der Waals surface area contributed by atoms with Crippen molar-refractivity contribution in [3.05, 3.63) is 54.1 Å². The highest BCUT2D eigenvalue weighted by Gasteiger charge is 2.31. The third-order valence-corrected chi connectivity index (χ3v) is 4.41. The van der Waals surface area contributed by atoms with E-state index in [0.717, 1.165) is 22.7 Å². The molecule has 0 saturated carbocycles. The molecule has 6 nitrogen and oxygen atoms in total. The number of amides is 1. The van der Waals surface area contributed by atoms with Gasteiger partial charge in [-0.05, 0) is 42.8 Å². The van der Waals surface area contributed by atoms with Crippen molar-refractivity contribution in [2.75, 3.05) is 19.1 Å². The van der Waals surface area contributed by atoms with Crippen LogP contribution < -0.4 is 9.75 Å². The molecule has 1 aliphatic rings. The summed E-state index contributed by atoms with van der Waals surface area (Å²) in [6.45, 7) is 2.00. The van der Waals surface area contributed by atoms with Gasteiger partial charge in [-0.1, -0.05) is 18.2 Å². The fraction of sp³-hybridized carbons (Fsp3) is 0.286. The molecule has 0 spiro atoms. The fourth-order valence-corrected chi connectivity index (χ4v) is 2.95. The number of anilines is 1. The normalized spacial score (nSPS) is 15.9. The molecule has 2 aromatic carbocycles. The molecule has 0 saturated heterocycles. The molecule has 0 N–H and O–H groups in total. The summed E-state index contributed by atoms with van der Waals surface area (Å²) >= 11 is 0. The smallest absolute Gasteiger partial charge is 0.269 e. The largest absolute Gasteiger partial charge is 0.457 e. The van der Waals surface area contributed by atoms with Gasteiger partial charge < -0.3 is 9.64 Å². The Bertz CT molecular complexity index is 897. The predicted molar refractivity (Wildman–Crippen MR) is 105 cm³/mol. The second-order valence-corrected chi connectivity index (χ2v) is 6.67. The SMILES string of the molecule is Cc1ccccc1Oc1ccc(N2N=C(C(=O)N(C)C)CC2CC#N)cc1. The van der Waals surface area contributed by atoms with Crippen LogP contribution in [0.1, 0.15) is 18.4 Å². The van der Waals surface area contributed by atoms with Crippen LogP contribution in [0.15, 0.2) is 53.6 Å². The highest BCUT2D eigenvalue weighted by molar-refractivity contribution is 6.39. The van der Waals surface area contributed by atoms with E-state index in [1.165, 1.54) is 4.90 Å². The first-order valence-corrected chi connectivity index (χ1v) is 8.78. The molecule has 3 rings (SSSR count). The Morgan fingerprint density at radius 3 is 2.59 bits per heavy atom. The lowest BCUT2D eigenvalue weighted by Crippen LogP contribution is -2.30. The summed E-state index contributed by atoms with van der Waals surface area (Å²) in [5.41, 5.74) is 2.36. The number of rotatable bonds is 5. The van der Waals surface area contributed by atoms with Gasteiger partial charge in [-0.25, -0.2) is 0 Å². The standard InChI is InChI=1S/C21H22N4O2/c1-15-6-4-5-7-20(15)27-18-10-8-16(9-11-18)25-17(12-13-22)14-19(23-25)21(26)24(2)3/h4-11,17H,12,14H2,1-3H3. The highest BCUT2D eigenvalue weighted by Crippen LogP contribution is 2.30. The molecule has 27 heavy (non-hydrogen) atoms. The summed E-state index contributed by atoms with van der Waals surface area (Å²) in [6.07, 6.45) is 0.765. The van der Waals surface area contributed by atoms with E-state index in [1.807, 2.05) is 55.5 Å². The number of hydrazone groups is 1. The molecule has 1 unspecified atom stereocenters. The number of hydrogen-bond donors (Lipinski definition) is 0. The third-order valence-electron chi connectivity index (χ3n) is 4.41. The summed E-state index contributed by atoms with van der Waals surface area (Å²) in [5, 5.41) is 15.4. The Balaban J connectivity index is 1.81. The van der Waals surface area contributed by atoms with Crippen LogP contribution in [0.4, 0.5) is 5.69 Å². The topological polar surface area (TPSA) is 68.9 Å². The zero-order chi connectivity index (χ0) is 19.4. The lowest BCUT2D eigenvalue weighted by atomic mass is 10.1. The maximum Gasteiger partial charge on any atom is 0.269 e. The van der Waals surface area contributed by atoms with E-state index in [-0.39, 0.29) is 11.9 Å². The Hall–Kier alpha value is -3.33. The number of carbonyl (C=O) groups excluding carboxylic acids is 1. The number of hydrogen-bond acceptors (Lipinski definition) is 5. The van der Waals surface area contributed by atoms with Gasteiger partial charge in [0.25, 0.3) is 5.91 Å². The zero-order valence-electron chi connectivity index (χ0n) is 15.7. The van der Waals surface area contributed by atoms with Crippen LogP contribution in [0, 0.1) is 18.3 Å². The van der Waals surface area contributed by atoms with Gasteiger partial charge in [0.05, 0.1) is 24.2 Å². The molecule has 1 amide bonds. The average molecular weight is 362 g/mol. The van der Waals surface area contributed by atoms with Gasteiger partial charge in [-0.15, -0.1) is 0 Å². The van der Waals surface area contributed by atoms with Crippen molar-refractivity contribution >= 4 is 17.3 Å². The zero-order valence-corrected chi connectivity index (χ0v) is 15.7. The van der Waals surface area contributed by atoms with Crippen LogP contribution in [0.2, 0.25) is 0 Å². The number of nitriles is 1. The van der Waals surface area contributed by atoms with E-state index < -0.39 is 0 Å². The summed E-state index contributed by atoms with van der Waals surface area (Å²) in [7, 11) is 3.40. The van der Waals surface area contributed by atoms with E-state index in [9.17, 15) is 4.79 Å². The monoisotopic (exact) mass is 362 g/mol. The quantitative estimate of drug-likeness (QED) is 0.813. The number of aryl methyl sites for hydroxylation is 1. The van der Waals surface area contributed by atoms with Crippen LogP contribution in [-0.4, -0.2) is 36.7 Å². The van der Waals surface area contributed by atoms with Crippen molar-refractivity contribution < 1.29 is 9.53 Å². The summed E-state index contributed by atoms with van der Waals surface area (Å²) in [5.74, 6) is 1.41. The van der Waals surface area contributed by atoms with Gasteiger partial charge in [0.15, 0.2) is 0 Å². The predicted octanol–water partition coefficient (Wildman–Crippen LogP) is 3.72. The van der Waals surface area contributed by atoms with Crippen molar-refractivity contribution in [1.29, 1.82) is 5.26 Å². The van der Waals surface area contributed by atoms with Gasteiger partial charge in [0.1, 0.15) is 17.2 Å². The first-order valence-electron chi connectivity index (χ1n) is 8.78. The van der Waals surface area contributed by atoms with Crippen molar-refractivity contribution in [2.45, 2.75) is 25.8 Å². The van der Waals surface area contributed by atoms with Gasteiger partial charge in [0, 0.05) is 20.5 Å². The number of ether oxygens (including phenoxy) is 1. The van der Waals surface area contributed by atoms with E-state index in [1.54, 1.807) is 19.1 Å². The van der Waals surface area contributed by atoms with Crippen LogP contribution in [0.3, 0.4) is 0 Å². The highest BCUT2D eigenvalue weighted by atomic mass is 16.5. The van der Waals surface area contributed by atoms with Gasteiger partial charge in [-0.3, -0.25) is 9.80 Å². The first-order chi connectivity index (χ1) is 13.0. The van der Waals surface area contributed by atoms with E-state index in [2.05, 4.69) is 11.2 Å². The van der Waals surface area contributed by atoms with Crippen molar-refractivity contribution in [3.63, 3.8) is 0 Å². The molecule has 0 radical (unpaired) electrons. The first kappa shape index (κ1) is 18.5. The Morgan fingerprint density at radius 1 is 1.26 bits per heavy atom. The van der Waals surface area contributed by atoms with Gasteiger partial charge >= 0.3 is 0 Å². The Kier molecular flexibility index (Phi) is 5.41. The Labute approximate surface area is 159 Å². The maximum absolute atomic E-state index is 12.2. The molecular weight excluding hydrogens is 340 g/mol. The van der Waals surface area contributed by atoms with E-state index in [0.29, 0.717) is 18.6 Å². The molecule has 2 aromatic rings. The molecule has 0 aromatic heterocycles. The minimum Gasteiger partial charge on any atom is -0.457 e. The molecule has 1 heterocycles. The van der Waals surface area contributed by atoms with E-state index in [4.69, 9.17) is 10.00 Å². The average Bonchev–Trinajstić information content (AvgIpc) is 3.07. The lowest BCUT2D eigenvalue weighted by molar-refractivity contribution is -0.121. The van der Waals surface area contributed by atoms with Crippen molar-refractivity contribution in [1.82, 2.24) is 4.90 Å². The fourth-order valence-electron chi connectivity index (χ4n) is 2.95. The minimum atomic E-state index is -0.142. The molecule has 138 valence electrons. The molecule has 0 bridgehead atoms. The maximum atomic E-state index is 12.2. The number of nitrogens with zero attached hydrogens (tertiary/aromatic N) is 4. The van der Waals surface area contributed by atoms with Crippen LogP contribution in [-0.2, 0) is 4.79 Å². The molecular formula is C21H22N4O2. The van der Waals surface area contributed by atoms with Crippen LogP contribution in [0.5, 0.6) is 11.5 Å². The number of carbonyl (C=O) groups is 1. The van der Waals surface area contributed by atoms with Crippen molar-refractivity contribution in [2.24, 2.45) is 5.10 Å². The molecule has 1 atom stereocenters. The van der Waals surface area contributed by atoms with Crippen LogP contribution >= 0.6 is 0 Å². The second kappa shape index (κ2) is 7.92. The summed E-state index contributed by atoms with van der Waals surface area (Å²) < 4.78 is 5.92. The lowest BCUT2D eigenvalue weighted by Gasteiger charge is -2.21. The number of benzene rings is 2. The van der Waals surface area contributed by atoms with Gasteiger partial charge in [-0.2, -0.15) is 10.4 Å². The minimum absolute atomic E-state index is 0.125. The van der Waals surface area contributed by atoms with Crippen molar-refractivity contribution in [3.8, 4) is 17.6 Å². The molecule has 0 aliphatic carbocycles. The molecule has 6 heteroatoms. The van der Waals surface area contributed by atoms with Crippen LogP contribution in [0.25, 0.3) is 0 Å². The second-order valence-electron chi connectivity index (χ2n) is 6.67. The summed E-state index contributed by atoms with van der Waals surface area (Å²) in [6, 6.07) is 17.4. The van der Waals surface area contributed by atoms with E-state index >= 15 is 0 Å². The molecule has 0 fully saturated rings. The van der Waals surface area contributed by atoms with Gasteiger partial charge in [0.2, 0.25) is 0 Å².